The molecule has 3 heterocycles. The number of hydrogen-bond acceptors (Lipinski definition) is 6. The van der Waals surface area contributed by atoms with Gasteiger partial charge in [0.25, 0.3) is 5.91 Å². The highest BCUT2D eigenvalue weighted by atomic mass is 16.6. The number of amides is 1. The van der Waals surface area contributed by atoms with Gasteiger partial charge in [-0.15, -0.1) is 5.10 Å². The van der Waals surface area contributed by atoms with Gasteiger partial charge in [0.15, 0.2) is 0 Å². The molecule has 2 aliphatic heterocycles. The van der Waals surface area contributed by atoms with Gasteiger partial charge < -0.3 is 19.5 Å². The van der Waals surface area contributed by atoms with E-state index in [1.165, 1.54) is 0 Å². The molecule has 2 fully saturated rings. The van der Waals surface area contributed by atoms with E-state index in [1.807, 2.05) is 36.5 Å². The van der Waals surface area contributed by atoms with Crippen molar-refractivity contribution in [1.29, 1.82) is 0 Å². The SMILES string of the molecule is COc1ccc(C(=O)NC2COC3C2OCC3n2cc(-c3ccccc3)nn2)cc1. The van der Waals surface area contributed by atoms with Gasteiger partial charge in [0, 0.05) is 11.1 Å². The number of methoxy groups -OCH3 is 1. The first-order valence-electron chi connectivity index (χ1n) is 9.88. The highest BCUT2D eigenvalue weighted by molar-refractivity contribution is 5.94. The van der Waals surface area contributed by atoms with Crippen LogP contribution in [0, 0.1) is 0 Å². The molecule has 0 aliphatic carbocycles. The van der Waals surface area contributed by atoms with Crippen molar-refractivity contribution in [3.63, 3.8) is 0 Å². The minimum atomic E-state index is -0.221. The normalized spacial score (nSPS) is 25.1. The summed E-state index contributed by atoms with van der Waals surface area (Å²) in [4.78, 5) is 12.6. The standard InChI is InChI=1S/C22H22N4O4/c1-28-16-9-7-15(8-10-16)22(27)23-18-12-29-21-19(13-30-20(18)21)26-11-17(24-25-26)14-5-3-2-4-6-14/h2-11,18-21H,12-13H2,1H3,(H,23,27). The molecule has 2 saturated heterocycles. The number of nitrogens with zero attached hydrogens (tertiary/aromatic N) is 3. The number of carbonyl (C=O) groups excluding carboxylic acids is 1. The van der Waals surface area contributed by atoms with Crippen LogP contribution in [0.4, 0.5) is 0 Å². The molecule has 4 atom stereocenters. The first-order chi connectivity index (χ1) is 14.7. The average molecular weight is 406 g/mol. The number of carbonyl (C=O) groups is 1. The smallest absolute Gasteiger partial charge is 0.251 e. The lowest BCUT2D eigenvalue weighted by Crippen LogP contribution is -2.44. The summed E-state index contributed by atoms with van der Waals surface area (Å²) in [5, 5.41) is 11.6. The highest BCUT2D eigenvalue weighted by Gasteiger charge is 2.49. The first kappa shape index (κ1) is 18.8. The number of aromatic nitrogens is 3. The van der Waals surface area contributed by atoms with Crippen LogP contribution in [0.1, 0.15) is 16.4 Å². The number of nitrogens with one attached hydrogen (secondary N) is 1. The van der Waals surface area contributed by atoms with Crippen LogP contribution in [0.5, 0.6) is 5.75 Å². The van der Waals surface area contributed by atoms with Gasteiger partial charge in [0.1, 0.15) is 29.7 Å². The Morgan fingerprint density at radius 2 is 1.83 bits per heavy atom. The van der Waals surface area contributed by atoms with Gasteiger partial charge in [-0.2, -0.15) is 0 Å². The molecular formula is C22H22N4O4. The van der Waals surface area contributed by atoms with Crippen LogP contribution < -0.4 is 10.1 Å². The molecule has 5 rings (SSSR count). The molecule has 30 heavy (non-hydrogen) atoms. The Kier molecular flexibility index (Phi) is 4.94. The minimum Gasteiger partial charge on any atom is -0.497 e. The second kappa shape index (κ2) is 7.89. The molecular weight excluding hydrogens is 384 g/mol. The molecule has 8 nitrogen and oxygen atoms in total. The summed E-state index contributed by atoms with van der Waals surface area (Å²) in [5.74, 6) is 0.548. The van der Waals surface area contributed by atoms with E-state index in [-0.39, 0.29) is 30.2 Å². The molecule has 0 radical (unpaired) electrons. The number of benzene rings is 2. The van der Waals surface area contributed by atoms with Gasteiger partial charge in [0.2, 0.25) is 0 Å². The van der Waals surface area contributed by atoms with Crippen molar-refractivity contribution in [2.45, 2.75) is 24.3 Å². The summed E-state index contributed by atoms with van der Waals surface area (Å²) in [6, 6.07) is 16.6. The molecule has 1 aromatic heterocycles. The van der Waals surface area contributed by atoms with Crippen molar-refractivity contribution in [2.24, 2.45) is 0 Å². The molecule has 0 spiro atoms. The fraction of sp³-hybridized carbons (Fsp3) is 0.318. The Morgan fingerprint density at radius 1 is 1.07 bits per heavy atom. The molecule has 2 aliphatic rings. The fourth-order valence-corrected chi connectivity index (χ4v) is 4.00. The predicted molar refractivity (Wildman–Crippen MR) is 108 cm³/mol. The molecule has 154 valence electrons. The van der Waals surface area contributed by atoms with Crippen molar-refractivity contribution in [3.8, 4) is 17.0 Å². The van der Waals surface area contributed by atoms with E-state index >= 15 is 0 Å². The predicted octanol–water partition coefficient (Wildman–Crippen LogP) is 2.09. The summed E-state index contributed by atoms with van der Waals surface area (Å²) in [5.41, 5.74) is 2.38. The zero-order chi connectivity index (χ0) is 20.5. The monoisotopic (exact) mass is 406 g/mol. The summed E-state index contributed by atoms with van der Waals surface area (Å²) in [7, 11) is 1.59. The maximum Gasteiger partial charge on any atom is 0.251 e. The molecule has 8 heteroatoms. The molecule has 0 bridgehead atoms. The van der Waals surface area contributed by atoms with Gasteiger partial charge >= 0.3 is 0 Å². The van der Waals surface area contributed by atoms with Gasteiger partial charge in [-0.1, -0.05) is 35.5 Å². The Labute approximate surface area is 173 Å². The van der Waals surface area contributed by atoms with Crippen LogP contribution in [0.15, 0.2) is 60.8 Å². The maximum atomic E-state index is 12.6. The van der Waals surface area contributed by atoms with E-state index in [0.717, 1.165) is 11.3 Å². The van der Waals surface area contributed by atoms with E-state index in [1.54, 1.807) is 36.1 Å². The van der Waals surface area contributed by atoms with Crippen molar-refractivity contribution in [1.82, 2.24) is 20.3 Å². The Morgan fingerprint density at radius 3 is 2.60 bits per heavy atom. The van der Waals surface area contributed by atoms with Crippen LogP contribution in [0.25, 0.3) is 11.3 Å². The number of ether oxygens (including phenoxy) is 3. The summed E-state index contributed by atoms with van der Waals surface area (Å²) in [6.45, 7) is 0.857. The summed E-state index contributed by atoms with van der Waals surface area (Å²) in [6.07, 6.45) is 1.51. The van der Waals surface area contributed by atoms with Crippen LogP contribution in [0.3, 0.4) is 0 Å². The van der Waals surface area contributed by atoms with Gasteiger partial charge in [-0.25, -0.2) is 4.68 Å². The lowest BCUT2D eigenvalue weighted by molar-refractivity contribution is 0.0613. The third-order valence-electron chi connectivity index (χ3n) is 5.62. The fourth-order valence-electron chi connectivity index (χ4n) is 4.00. The first-order valence-corrected chi connectivity index (χ1v) is 9.88. The third-order valence-corrected chi connectivity index (χ3v) is 5.62. The summed E-state index contributed by atoms with van der Waals surface area (Å²) >= 11 is 0. The van der Waals surface area contributed by atoms with Crippen LogP contribution >= 0.6 is 0 Å². The van der Waals surface area contributed by atoms with Crippen LogP contribution in [0.2, 0.25) is 0 Å². The van der Waals surface area contributed by atoms with E-state index in [9.17, 15) is 4.79 Å². The third kappa shape index (κ3) is 3.44. The topological polar surface area (TPSA) is 87.5 Å². The van der Waals surface area contributed by atoms with E-state index in [2.05, 4.69) is 15.6 Å². The quantitative estimate of drug-likeness (QED) is 0.698. The Bertz CT molecular complexity index is 1020. The number of fused-ring (bicyclic) bond motifs is 1. The summed E-state index contributed by atoms with van der Waals surface area (Å²) < 4.78 is 18.9. The molecule has 0 saturated carbocycles. The molecule has 4 unspecified atom stereocenters. The molecule has 3 aromatic rings. The highest BCUT2D eigenvalue weighted by Crippen LogP contribution is 2.34. The van der Waals surface area contributed by atoms with Crippen LogP contribution in [-0.2, 0) is 9.47 Å². The number of rotatable bonds is 5. The van der Waals surface area contributed by atoms with Crippen molar-refractivity contribution in [3.05, 3.63) is 66.4 Å². The molecule has 2 aromatic carbocycles. The van der Waals surface area contributed by atoms with Crippen molar-refractivity contribution >= 4 is 5.91 Å². The van der Waals surface area contributed by atoms with Gasteiger partial charge in [-0.05, 0) is 24.3 Å². The van der Waals surface area contributed by atoms with E-state index < -0.39 is 0 Å². The lowest BCUT2D eigenvalue weighted by Gasteiger charge is -2.18. The Balaban J connectivity index is 1.26. The van der Waals surface area contributed by atoms with E-state index in [4.69, 9.17) is 14.2 Å². The largest absolute Gasteiger partial charge is 0.497 e. The zero-order valence-corrected chi connectivity index (χ0v) is 16.5. The number of hydrogen-bond donors (Lipinski definition) is 1. The van der Waals surface area contributed by atoms with E-state index in [0.29, 0.717) is 24.5 Å². The maximum absolute atomic E-state index is 12.6. The lowest BCUT2D eigenvalue weighted by atomic mass is 10.1. The van der Waals surface area contributed by atoms with Crippen LogP contribution in [-0.4, -0.2) is 59.5 Å². The second-order valence-electron chi connectivity index (χ2n) is 7.42. The van der Waals surface area contributed by atoms with Crippen molar-refractivity contribution < 1.29 is 19.0 Å². The van der Waals surface area contributed by atoms with Gasteiger partial charge in [-0.3, -0.25) is 4.79 Å². The zero-order valence-electron chi connectivity index (χ0n) is 16.5. The minimum absolute atomic E-state index is 0.0807. The second-order valence-corrected chi connectivity index (χ2v) is 7.42. The van der Waals surface area contributed by atoms with Gasteiger partial charge in [0.05, 0.1) is 32.6 Å². The molecule has 1 N–H and O–H groups in total. The van der Waals surface area contributed by atoms with Crippen molar-refractivity contribution in [2.75, 3.05) is 20.3 Å². The molecule has 1 amide bonds. The average Bonchev–Trinajstić information content (AvgIpc) is 3.52. The Hall–Kier alpha value is -3.23.